The van der Waals surface area contributed by atoms with Gasteiger partial charge in [0.25, 0.3) is 0 Å². The van der Waals surface area contributed by atoms with Crippen LogP contribution >= 0.6 is 0 Å². The topological polar surface area (TPSA) is 96.7 Å². The molecule has 102 valence electrons. The molecule has 0 aliphatic carbocycles. The van der Waals surface area contributed by atoms with Crippen LogP contribution in [0.5, 0.6) is 5.75 Å². The zero-order chi connectivity index (χ0) is 14.5. The van der Waals surface area contributed by atoms with Crippen LogP contribution in [0.4, 0.5) is 0 Å². The van der Waals surface area contributed by atoms with Crippen molar-refractivity contribution in [1.29, 1.82) is 0 Å². The van der Waals surface area contributed by atoms with Gasteiger partial charge in [-0.25, -0.2) is 14.6 Å². The summed E-state index contributed by atoms with van der Waals surface area (Å²) in [6.45, 7) is 0.0597. The summed E-state index contributed by atoms with van der Waals surface area (Å²) < 4.78 is 5.42. The van der Waals surface area contributed by atoms with Crippen LogP contribution in [0.3, 0.4) is 0 Å². The highest BCUT2D eigenvalue weighted by atomic mass is 16.5. The second-order valence-electron chi connectivity index (χ2n) is 3.91. The Hall–Kier alpha value is -2.89. The summed E-state index contributed by atoms with van der Waals surface area (Å²) in [5, 5.41) is 17.8. The number of nitrogens with zero attached hydrogens (tertiary/aromatic N) is 1. The van der Waals surface area contributed by atoms with Crippen molar-refractivity contribution in [1.82, 2.24) is 4.98 Å². The van der Waals surface area contributed by atoms with E-state index in [1.807, 2.05) is 6.07 Å². The van der Waals surface area contributed by atoms with E-state index < -0.39 is 17.6 Å². The zero-order valence-electron chi connectivity index (χ0n) is 10.3. The highest BCUT2D eigenvalue weighted by Gasteiger charge is 2.18. The highest BCUT2D eigenvalue weighted by Crippen LogP contribution is 2.13. The summed E-state index contributed by atoms with van der Waals surface area (Å²) >= 11 is 0. The van der Waals surface area contributed by atoms with Crippen LogP contribution in [0.2, 0.25) is 0 Å². The molecule has 0 saturated heterocycles. The van der Waals surface area contributed by atoms with Gasteiger partial charge in [0.1, 0.15) is 12.4 Å². The third-order valence-electron chi connectivity index (χ3n) is 2.52. The standard InChI is InChI=1S/C14H11NO5/c16-13(17)11-7-6-9(15-12(11)14(18)19)8-20-10-4-2-1-3-5-10/h1-7H,8H2,(H,16,17)(H,18,19). The van der Waals surface area contributed by atoms with Gasteiger partial charge < -0.3 is 14.9 Å². The lowest BCUT2D eigenvalue weighted by Gasteiger charge is -2.07. The second-order valence-corrected chi connectivity index (χ2v) is 3.91. The van der Waals surface area contributed by atoms with Gasteiger partial charge in [-0.1, -0.05) is 18.2 Å². The van der Waals surface area contributed by atoms with Crippen LogP contribution in [0.15, 0.2) is 42.5 Å². The molecule has 6 nitrogen and oxygen atoms in total. The summed E-state index contributed by atoms with van der Waals surface area (Å²) in [6, 6.07) is 11.6. The van der Waals surface area contributed by atoms with Crippen molar-refractivity contribution in [3.63, 3.8) is 0 Å². The number of carbonyl (C=O) groups is 2. The molecular weight excluding hydrogens is 262 g/mol. The number of hydrogen-bond donors (Lipinski definition) is 2. The third-order valence-corrected chi connectivity index (χ3v) is 2.52. The summed E-state index contributed by atoms with van der Waals surface area (Å²) in [4.78, 5) is 25.7. The Labute approximate surface area is 114 Å². The Morgan fingerprint density at radius 2 is 1.70 bits per heavy atom. The minimum absolute atomic E-state index is 0.0597. The molecule has 0 spiro atoms. The molecule has 1 aromatic heterocycles. The third kappa shape index (κ3) is 3.11. The Kier molecular flexibility index (Phi) is 3.95. The molecule has 2 rings (SSSR count). The lowest BCUT2D eigenvalue weighted by molar-refractivity contribution is 0.0645. The van der Waals surface area contributed by atoms with E-state index >= 15 is 0 Å². The molecule has 0 bridgehead atoms. The molecule has 0 amide bonds. The number of rotatable bonds is 5. The molecule has 1 aromatic carbocycles. The molecule has 6 heteroatoms. The number of para-hydroxylation sites is 1. The Morgan fingerprint density at radius 3 is 2.30 bits per heavy atom. The van der Waals surface area contributed by atoms with Crippen LogP contribution in [0, 0.1) is 0 Å². The lowest BCUT2D eigenvalue weighted by atomic mass is 10.1. The highest BCUT2D eigenvalue weighted by molar-refractivity contribution is 6.00. The lowest BCUT2D eigenvalue weighted by Crippen LogP contribution is -2.12. The van der Waals surface area contributed by atoms with Crippen LogP contribution in [-0.2, 0) is 6.61 Å². The van der Waals surface area contributed by atoms with Crippen molar-refractivity contribution in [3.8, 4) is 5.75 Å². The fourth-order valence-electron chi connectivity index (χ4n) is 1.59. The van der Waals surface area contributed by atoms with E-state index in [4.69, 9.17) is 14.9 Å². The van der Waals surface area contributed by atoms with E-state index in [0.717, 1.165) is 0 Å². The molecule has 2 N–H and O–H groups in total. The van der Waals surface area contributed by atoms with Gasteiger partial charge in [-0.15, -0.1) is 0 Å². The number of ether oxygens (including phenoxy) is 1. The smallest absolute Gasteiger partial charge is 0.355 e. The van der Waals surface area contributed by atoms with Crippen molar-refractivity contribution < 1.29 is 24.5 Å². The summed E-state index contributed by atoms with van der Waals surface area (Å²) in [5.74, 6) is -2.09. The van der Waals surface area contributed by atoms with E-state index in [-0.39, 0.29) is 12.2 Å². The molecule has 0 saturated carbocycles. The average molecular weight is 273 g/mol. The zero-order valence-corrected chi connectivity index (χ0v) is 10.3. The van der Waals surface area contributed by atoms with E-state index in [1.165, 1.54) is 12.1 Å². The van der Waals surface area contributed by atoms with E-state index in [1.54, 1.807) is 24.3 Å². The quantitative estimate of drug-likeness (QED) is 0.865. The van der Waals surface area contributed by atoms with Crippen molar-refractivity contribution in [3.05, 3.63) is 59.4 Å². The monoisotopic (exact) mass is 273 g/mol. The van der Waals surface area contributed by atoms with Gasteiger partial charge in [0.15, 0.2) is 5.69 Å². The van der Waals surface area contributed by atoms with Gasteiger partial charge in [0, 0.05) is 0 Å². The van der Waals surface area contributed by atoms with Gasteiger partial charge in [0.05, 0.1) is 11.3 Å². The average Bonchev–Trinajstić information content (AvgIpc) is 2.45. The molecule has 20 heavy (non-hydrogen) atoms. The number of carboxylic acids is 2. The number of pyridine rings is 1. The largest absolute Gasteiger partial charge is 0.487 e. The first kappa shape index (κ1) is 13.5. The maximum Gasteiger partial charge on any atom is 0.355 e. The number of benzene rings is 1. The Balaban J connectivity index is 2.19. The maximum atomic E-state index is 11.0. The van der Waals surface area contributed by atoms with Crippen LogP contribution in [0.25, 0.3) is 0 Å². The SMILES string of the molecule is O=C(O)c1ccc(COc2ccccc2)nc1C(=O)O. The van der Waals surface area contributed by atoms with Gasteiger partial charge in [-0.05, 0) is 24.3 Å². The van der Waals surface area contributed by atoms with Gasteiger partial charge in [-0.2, -0.15) is 0 Å². The van der Waals surface area contributed by atoms with E-state index in [2.05, 4.69) is 4.98 Å². The molecule has 0 unspecified atom stereocenters. The first-order valence-corrected chi connectivity index (χ1v) is 5.72. The van der Waals surface area contributed by atoms with Gasteiger partial charge in [0.2, 0.25) is 0 Å². The van der Waals surface area contributed by atoms with Crippen LogP contribution < -0.4 is 4.74 Å². The van der Waals surface area contributed by atoms with Gasteiger partial charge in [-0.3, -0.25) is 0 Å². The van der Waals surface area contributed by atoms with Crippen molar-refractivity contribution in [2.45, 2.75) is 6.61 Å². The molecule has 0 aliphatic heterocycles. The summed E-state index contributed by atoms with van der Waals surface area (Å²) in [7, 11) is 0. The molecule has 0 aliphatic rings. The molecular formula is C14H11NO5. The van der Waals surface area contributed by atoms with Crippen molar-refractivity contribution in [2.24, 2.45) is 0 Å². The summed E-state index contributed by atoms with van der Waals surface area (Å²) in [6.07, 6.45) is 0. The predicted molar refractivity (Wildman–Crippen MR) is 68.9 cm³/mol. The number of carboxylic acid groups (broad SMARTS) is 2. The number of aromatic carboxylic acids is 2. The van der Waals surface area contributed by atoms with E-state index in [9.17, 15) is 9.59 Å². The van der Waals surface area contributed by atoms with Crippen molar-refractivity contribution in [2.75, 3.05) is 0 Å². The Bertz CT molecular complexity index is 639. The first-order valence-electron chi connectivity index (χ1n) is 5.72. The minimum atomic E-state index is -1.39. The molecule has 0 atom stereocenters. The predicted octanol–water partition coefficient (Wildman–Crippen LogP) is 2.06. The van der Waals surface area contributed by atoms with Crippen LogP contribution in [-0.4, -0.2) is 27.1 Å². The minimum Gasteiger partial charge on any atom is -0.487 e. The van der Waals surface area contributed by atoms with Gasteiger partial charge >= 0.3 is 11.9 Å². The van der Waals surface area contributed by atoms with Crippen LogP contribution in [0.1, 0.15) is 26.5 Å². The summed E-state index contributed by atoms with van der Waals surface area (Å²) in [5.41, 5.74) is -0.496. The van der Waals surface area contributed by atoms with E-state index in [0.29, 0.717) is 11.4 Å². The molecule has 2 aromatic rings. The molecule has 0 fully saturated rings. The second kappa shape index (κ2) is 5.83. The fourth-order valence-corrected chi connectivity index (χ4v) is 1.59. The Morgan fingerprint density at radius 1 is 1.00 bits per heavy atom. The first-order chi connectivity index (χ1) is 9.58. The normalized spacial score (nSPS) is 10.0. The molecule has 1 heterocycles. The number of aromatic nitrogens is 1. The number of hydrogen-bond acceptors (Lipinski definition) is 4. The van der Waals surface area contributed by atoms with Crippen molar-refractivity contribution >= 4 is 11.9 Å². The maximum absolute atomic E-state index is 11.0. The fraction of sp³-hybridized carbons (Fsp3) is 0.0714. The molecule has 0 radical (unpaired) electrons.